The van der Waals surface area contributed by atoms with E-state index >= 15 is 0 Å². The molecule has 1 heterocycles. The maximum absolute atomic E-state index is 10.7. The minimum Gasteiger partial charge on any atom is -0.480 e. The summed E-state index contributed by atoms with van der Waals surface area (Å²) in [5.74, 6) is -0.411. The second kappa shape index (κ2) is 5.45. The fraction of sp³-hybridized carbons (Fsp3) is 0.667. The minimum atomic E-state index is -0.852. The third kappa shape index (κ3) is 3.67. The largest absolute Gasteiger partial charge is 0.480 e. The molecule has 0 aliphatic heterocycles. The fourth-order valence-electron chi connectivity index (χ4n) is 1.24. The number of aromatic nitrogens is 2. The lowest BCUT2D eigenvalue weighted by molar-refractivity contribution is -0.139. The molecule has 6 heteroatoms. The van der Waals surface area contributed by atoms with Gasteiger partial charge in [-0.1, -0.05) is 12.1 Å². The Morgan fingerprint density at radius 3 is 2.93 bits per heavy atom. The van der Waals surface area contributed by atoms with Crippen molar-refractivity contribution >= 4 is 5.97 Å². The predicted molar refractivity (Wildman–Crippen MR) is 52.1 cm³/mol. The summed E-state index contributed by atoms with van der Waals surface area (Å²) in [7, 11) is 0. The molecule has 1 N–H and O–H groups in total. The average molecular weight is 213 g/mol. The third-order valence-corrected chi connectivity index (χ3v) is 2.30. The first-order valence-corrected chi connectivity index (χ1v) is 4.84. The van der Waals surface area contributed by atoms with E-state index in [-0.39, 0.29) is 12.6 Å². The van der Waals surface area contributed by atoms with E-state index in [0.29, 0.717) is 12.4 Å². The van der Waals surface area contributed by atoms with Crippen molar-refractivity contribution in [1.29, 1.82) is 0 Å². The van der Waals surface area contributed by atoms with Crippen LogP contribution in [0, 0.1) is 0 Å². The highest BCUT2D eigenvalue weighted by molar-refractivity contribution is 5.69. The Bertz CT molecular complexity index is 300. The molecule has 0 bridgehead atoms. The Balaban J connectivity index is 2.60. The topological polar surface area (TPSA) is 79.5 Å². The van der Waals surface area contributed by atoms with Gasteiger partial charge < -0.3 is 9.63 Å². The number of hydrogen-bond donors (Lipinski definition) is 1. The zero-order valence-corrected chi connectivity index (χ0v) is 8.88. The van der Waals surface area contributed by atoms with Gasteiger partial charge in [0.2, 0.25) is 5.89 Å². The van der Waals surface area contributed by atoms with Crippen LogP contribution in [0.25, 0.3) is 0 Å². The summed E-state index contributed by atoms with van der Waals surface area (Å²) in [6, 6.07) is 0.174. The van der Waals surface area contributed by atoms with Crippen molar-refractivity contribution in [3.63, 3.8) is 0 Å². The van der Waals surface area contributed by atoms with Gasteiger partial charge in [0.1, 0.15) is 0 Å². The van der Waals surface area contributed by atoms with Gasteiger partial charge in [0, 0.05) is 6.04 Å². The van der Waals surface area contributed by atoms with Gasteiger partial charge in [-0.3, -0.25) is 9.69 Å². The summed E-state index contributed by atoms with van der Waals surface area (Å²) in [5, 5.41) is 12.2. The Labute approximate surface area is 87.9 Å². The van der Waals surface area contributed by atoms with Crippen LogP contribution in [0.3, 0.4) is 0 Å². The molecule has 0 amide bonds. The van der Waals surface area contributed by atoms with Crippen molar-refractivity contribution in [2.45, 2.75) is 32.9 Å². The number of carbonyl (C=O) groups is 1. The SMILES string of the molecule is CCC(C)N(CC(=O)O)Cc1ncno1. The van der Waals surface area contributed by atoms with E-state index in [1.165, 1.54) is 6.33 Å². The fourth-order valence-corrected chi connectivity index (χ4v) is 1.24. The zero-order chi connectivity index (χ0) is 11.3. The van der Waals surface area contributed by atoms with Gasteiger partial charge in [-0.15, -0.1) is 0 Å². The standard InChI is InChI=1S/C9H15N3O3/c1-3-7(2)12(5-9(13)14)4-8-10-6-11-15-8/h6-7H,3-5H2,1-2H3,(H,13,14). The van der Waals surface area contributed by atoms with Crippen molar-refractivity contribution in [2.24, 2.45) is 0 Å². The molecule has 0 saturated heterocycles. The normalized spacial score (nSPS) is 13.0. The van der Waals surface area contributed by atoms with Crippen LogP contribution < -0.4 is 0 Å². The molecule has 1 rings (SSSR count). The molecule has 84 valence electrons. The van der Waals surface area contributed by atoms with Crippen LogP contribution in [0.2, 0.25) is 0 Å². The van der Waals surface area contributed by atoms with Gasteiger partial charge in [0.05, 0.1) is 13.1 Å². The van der Waals surface area contributed by atoms with Gasteiger partial charge in [-0.2, -0.15) is 4.98 Å². The monoisotopic (exact) mass is 213 g/mol. The van der Waals surface area contributed by atoms with Crippen LogP contribution in [0.5, 0.6) is 0 Å². The van der Waals surface area contributed by atoms with E-state index in [1.54, 1.807) is 4.90 Å². The second-order valence-electron chi connectivity index (χ2n) is 3.39. The zero-order valence-electron chi connectivity index (χ0n) is 8.88. The molecule has 1 unspecified atom stereocenters. The van der Waals surface area contributed by atoms with Crippen molar-refractivity contribution in [3.05, 3.63) is 12.2 Å². The highest BCUT2D eigenvalue weighted by Gasteiger charge is 2.17. The first kappa shape index (κ1) is 11.6. The summed E-state index contributed by atoms with van der Waals surface area (Å²) >= 11 is 0. The van der Waals surface area contributed by atoms with E-state index in [4.69, 9.17) is 9.63 Å². The van der Waals surface area contributed by atoms with Crippen LogP contribution >= 0.6 is 0 Å². The molecular formula is C9H15N3O3. The van der Waals surface area contributed by atoms with Crippen LogP contribution in [0.15, 0.2) is 10.9 Å². The Morgan fingerprint density at radius 2 is 2.47 bits per heavy atom. The molecule has 1 aromatic rings. The minimum absolute atomic E-state index is 0.0165. The van der Waals surface area contributed by atoms with Crippen molar-refractivity contribution in [2.75, 3.05) is 6.54 Å². The summed E-state index contributed by atoms with van der Waals surface area (Å²) < 4.78 is 4.84. The van der Waals surface area contributed by atoms with E-state index < -0.39 is 5.97 Å². The second-order valence-corrected chi connectivity index (χ2v) is 3.39. The van der Waals surface area contributed by atoms with E-state index in [2.05, 4.69) is 10.1 Å². The van der Waals surface area contributed by atoms with Gasteiger partial charge in [0.25, 0.3) is 0 Å². The number of rotatable bonds is 6. The molecule has 0 saturated carbocycles. The molecule has 15 heavy (non-hydrogen) atoms. The van der Waals surface area contributed by atoms with Crippen molar-refractivity contribution in [1.82, 2.24) is 15.0 Å². The molecule has 0 radical (unpaired) electrons. The van der Waals surface area contributed by atoms with E-state index in [9.17, 15) is 4.79 Å². The predicted octanol–water partition coefficient (Wildman–Crippen LogP) is 0.755. The summed E-state index contributed by atoms with van der Waals surface area (Å²) in [6.07, 6.45) is 2.19. The number of carboxylic acids is 1. The third-order valence-electron chi connectivity index (χ3n) is 2.30. The number of hydrogen-bond acceptors (Lipinski definition) is 5. The molecule has 1 atom stereocenters. The maximum Gasteiger partial charge on any atom is 0.317 e. The lowest BCUT2D eigenvalue weighted by Crippen LogP contribution is -2.36. The maximum atomic E-state index is 10.7. The van der Waals surface area contributed by atoms with Gasteiger partial charge in [-0.05, 0) is 13.3 Å². The highest BCUT2D eigenvalue weighted by Crippen LogP contribution is 2.07. The number of nitrogens with zero attached hydrogens (tertiary/aromatic N) is 3. The molecular weight excluding hydrogens is 198 g/mol. The van der Waals surface area contributed by atoms with Crippen molar-refractivity contribution in [3.8, 4) is 0 Å². The molecule has 6 nitrogen and oxygen atoms in total. The average Bonchev–Trinajstić information content (AvgIpc) is 2.67. The Morgan fingerprint density at radius 1 is 1.73 bits per heavy atom. The van der Waals surface area contributed by atoms with Crippen LogP contribution in [0.4, 0.5) is 0 Å². The van der Waals surface area contributed by atoms with Crippen LogP contribution in [-0.4, -0.2) is 38.7 Å². The molecule has 0 aliphatic rings. The first-order valence-electron chi connectivity index (χ1n) is 4.84. The van der Waals surface area contributed by atoms with Gasteiger partial charge in [0.15, 0.2) is 6.33 Å². The Hall–Kier alpha value is -1.43. The lowest BCUT2D eigenvalue weighted by atomic mass is 10.2. The quantitative estimate of drug-likeness (QED) is 0.751. The summed E-state index contributed by atoms with van der Waals surface area (Å²) in [6.45, 7) is 4.34. The van der Waals surface area contributed by atoms with Gasteiger partial charge >= 0.3 is 5.97 Å². The van der Waals surface area contributed by atoms with Crippen LogP contribution in [0.1, 0.15) is 26.2 Å². The number of aliphatic carboxylic acids is 1. The van der Waals surface area contributed by atoms with Crippen molar-refractivity contribution < 1.29 is 14.4 Å². The van der Waals surface area contributed by atoms with E-state index in [1.807, 2.05) is 13.8 Å². The molecule has 0 aromatic carbocycles. The Kier molecular flexibility index (Phi) is 4.23. The molecule has 0 spiro atoms. The first-order chi connectivity index (χ1) is 7.13. The molecule has 0 fully saturated rings. The summed E-state index contributed by atoms with van der Waals surface area (Å²) in [4.78, 5) is 16.3. The molecule has 0 aliphatic carbocycles. The van der Waals surface area contributed by atoms with Crippen LogP contribution in [-0.2, 0) is 11.3 Å². The number of carboxylic acid groups (broad SMARTS) is 1. The lowest BCUT2D eigenvalue weighted by Gasteiger charge is -2.24. The smallest absolute Gasteiger partial charge is 0.317 e. The van der Waals surface area contributed by atoms with Gasteiger partial charge in [-0.25, -0.2) is 0 Å². The molecule has 1 aromatic heterocycles. The highest BCUT2D eigenvalue weighted by atomic mass is 16.5. The summed E-state index contributed by atoms with van der Waals surface area (Å²) in [5.41, 5.74) is 0. The van der Waals surface area contributed by atoms with E-state index in [0.717, 1.165) is 6.42 Å².